The molecule has 1 N–H and O–H groups in total. The molecule has 0 fully saturated rings. The van der Waals surface area contributed by atoms with Gasteiger partial charge in [-0.2, -0.15) is 0 Å². The van der Waals surface area contributed by atoms with E-state index in [0.717, 1.165) is 0 Å². The van der Waals surface area contributed by atoms with Crippen LogP contribution in [-0.2, 0) is 9.53 Å². The third-order valence-electron chi connectivity index (χ3n) is 2.05. The molecular formula is C12H15NO5. The number of benzene rings is 1. The van der Waals surface area contributed by atoms with Crippen molar-refractivity contribution in [1.82, 2.24) is 0 Å². The molecule has 0 unspecified atom stereocenters. The molecule has 0 heterocycles. The standard InChI is InChI=1S/C12H15NO5/c1-3-17-12(14)8-18-10-5-4-9(7-13-15)6-11(10)16-2/h4-7,15H,3,8H2,1-2H3/b13-7-. The Morgan fingerprint density at radius 2 is 2.22 bits per heavy atom. The van der Waals surface area contributed by atoms with E-state index < -0.39 is 5.97 Å². The SMILES string of the molecule is CCOC(=O)COc1ccc(/C=N\O)cc1OC. The molecule has 0 aliphatic carbocycles. The zero-order chi connectivity index (χ0) is 13.4. The van der Waals surface area contributed by atoms with Crippen LogP contribution < -0.4 is 9.47 Å². The van der Waals surface area contributed by atoms with Gasteiger partial charge in [-0.3, -0.25) is 0 Å². The van der Waals surface area contributed by atoms with Crippen LogP contribution in [0.25, 0.3) is 0 Å². The number of hydrogen-bond acceptors (Lipinski definition) is 6. The molecule has 0 aromatic heterocycles. The highest BCUT2D eigenvalue weighted by atomic mass is 16.6. The van der Waals surface area contributed by atoms with Crippen molar-refractivity contribution in [2.24, 2.45) is 5.16 Å². The Hall–Kier alpha value is -2.24. The van der Waals surface area contributed by atoms with E-state index >= 15 is 0 Å². The maximum Gasteiger partial charge on any atom is 0.344 e. The van der Waals surface area contributed by atoms with Crippen LogP contribution in [-0.4, -0.2) is 37.7 Å². The van der Waals surface area contributed by atoms with Gasteiger partial charge in [0, 0.05) is 5.56 Å². The van der Waals surface area contributed by atoms with Gasteiger partial charge in [0.2, 0.25) is 0 Å². The van der Waals surface area contributed by atoms with Gasteiger partial charge in [0.25, 0.3) is 0 Å². The third kappa shape index (κ3) is 3.97. The van der Waals surface area contributed by atoms with Gasteiger partial charge in [-0.1, -0.05) is 5.16 Å². The average molecular weight is 253 g/mol. The lowest BCUT2D eigenvalue weighted by Gasteiger charge is -2.10. The van der Waals surface area contributed by atoms with Crippen LogP contribution >= 0.6 is 0 Å². The summed E-state index contributed by atoms with van der Waals surface area (Å²) in [5, 5.41) is 11.3. The van der Waals surface area contributed by atoms with Crippen molar-refractivity contribution in [2.45, 2.75) is 6.92 Å². The first-order chi connectivity index (χ1) is 8.71. The molecular weight excluding hydrogens is 238 g/mol. The zero-order valence-corrected chi connectivity index (χ0v) is 10.3. The first kappa shape index (κ1) is 13.8. The number of rotatable bonds is 6. The predicted molar refractivity (Wildman–Crippen MR) is 64.5 cm³/mol. The largest absolute Gasteiger partial charge is 0.493 e. The van der Waals surface area contributed by atoms with Crippen molar-refractivity contribution in [3.05, 3.63) is 23.8 Å². The fraction of sp³-hybridized carbons (Fsp3) is 0.333. The van der Waals surface area contributed by atoms with Crippen LogP contribution in [0.5, 0.6) is 11.5 Å². The zero-order valence-electron chi connectivity index (χ0n) is 10.3. The molecule has 0 aliphatic rings. The molecule has 6 heteroatoms. The minimum Gasteiger partial charge on any atom is -0.493 e. The molecule has 18 heavy (non-hydrogen) atoms. The van der Waals surface area contributed by atoms with E-state index in [2.05, 4.69) is 5.16 Å². The Balaban J connectivity index is 2.73. The van der Waals surface area contributed by atoms with Gasteiger partial charge < -0.3 is 19.4 Å². The second-order valence-electron chi connectivity index (χ2n) is 3.25. The number of carbonyl (C=O) groups is 1. The molecule has 0 amide bonds. The van der Waals surface area contributed by atoms with Gasteiger partial charge in [0.1, 0.15) is 0 Å². The van der Waals surface area contributed by atoms with Gasteiger partial charge in [-0.05, 0) is 25.1 Å². The Bertz CT molecular complexity index is 430. The molecule has 1 rings (SSSR count). The van der Waals surface area contributed by atoms with E-state index in [-0.39, 0.29) is 6.61 Å². The molecule has 0 radical (unpaired) electrons. The molecule has 0 saturated carbocycles. The maximum atomic E-state index is 11.1. The van der Waals surface area contributed by atoms with Crippen LogP contribution in [0, 0.1) is 0 Å². The summed E-state index contributed by atoms with van der Waals surface area (Å²) in [5.74, 6) is 0.415. The van der Waals surface area contributed by atoms with E-state index in [9.17, 15) is 4.79 Å². The molecule has 0 bridgehead atoms. The van der Waals surface area contributed by atoms with Crippen LogP contribution in [0.15, 0.2) is 23.4 Å². The Morgan fingerprint density at radius 1 is 1.44 bits per heavy atom. The van der Waals surface area contributed by atoms with E-state index in [4.69, 9.17) is 19.4 Å². The van der Waals surface area contributed by atoms with Gasteiger partial charge >= 0.3 is 5.97 Å². The van der Waals surface area contributed by atoms with Crippen molar-refractivity contribution >= 4 is 12.2 Å². The van der Waals surface area contributed by atoms with E-state index in [1.54, 1.807) is 25.1 Å². The van der Waals surface area contributed by atoms with Crippen molar-refractivity contribution in [1.29, 1.82) is 0 Å². The molecule has 0 spiro atoms. The van der Waals surface area contributed by atoms with Crippen molar-refractivity contribution in [3.63, 3.8) is 0 Å². The van der Waals surface area contributed by atoms with Gasteiger partial charge in [-0.25, -0.2) is 4.79 Å². The minimum absolute atomic E-state index is 0.183. The van der Waals surface area contributed by atoms with Crippen molar-refractivity contribution in [2.75, 3.05) is 20.3 Å². The highest BCUT2D eigenvalue weighted by Gasteiger charge is 2.08. The van der Waals surface area contributed by atoms with Gasteiger partial charge in [0.15, 0.2) is 18.1 Å². The number of ether oxygens (including phenoxy) is 3. The second-order valence-corrected chi connectivity index (χ2v) is 3.25. The molecule has 0 saturated heterocycles. The number of methoxy groups -OCH3 is 1. The third-order valence-corrected chi connectivity index (χ3v) is 2.05. The lowest BCUT2D eigenvalue weighted by molar-refractivity contribution is -0.145. The fourth-order valence-electron chi connectivity index (χ4n) is 1.29. The molecule has 6 nitrogen and oxygen atoms in total. The smallest absolute Gasteiger partial charge is 0.344 e. The molecule has 1 aromatic carbocycles. The summed E-state index contributed by atoms with van der Waals surface area (Å²) in [7, 11) is 1.48. The molecule has 98 valence electrons. The number of nitrogens with zero attached hydrogens (tertiary/aromatic N) is 1. The summed E-state index contributed by atoms with van der Waals surface area (Å²) in [6, 6.07) is 4.91. The second kappa shape index (κ2) is 7.16. The Kier molecular flexibility index (Phi) is 5.50. The van der Waals surface area contributed by atoms with Crippen molar-refractivity contribution in [3.8, 4) is 11.5 Å². The summed E-state index contributed by atoms with van der Waals surface area (Å²) >= 11 is 0. The topological polar surface area (TPSA) is 77.4 Å². The highest BCUT2D eigenvalue weighted by molar-refractivity contribution is 5.80. The number of hydrogen-bond donors (Lipinski definition) is 1. The van der Waals surface area contributed by atoms with Gasteiger partial charge in [-0.15, -0.1) is 0 Å². The van der Waals surface area contributed by atoms with Crippen LogP contribution in [0.2, 0.25) is 0 Å². The minimum atomic E-state index is -0.444. The van der Waals surface area contributed by atoms with E-state index in [1.165, 1.54) is 13.3 Å². The lowest BCUT2D eigenvalue weighted by Crippen LogP contribution is -2.14. The fourth-order valence-corrected chi connectivity index (χ4v) is 1.29. The number of oxime groups is 1. The van der Waals surface area contributed by atoms with E-state index in [1.807, 2.05) is 0 Å². The quantitative estimate of drug-likeness (QED) is 0.359. The summed E-state index contributed by atoms with van der Waals surface area (Å²) in [6.45, 7) is 1.85. The number of esters is 1. The first-order valence-electron chi connectivity index (χ1n) is 5.35. The Morgan fingerprint density at radius 3 is 2.83 bits per heavy atom. The number of carbonyl (C=O) groups excluding carboxylic acids is 1. The van der Waals surface area contributed by atoms with Gasteiger partial charge in [0.05, 0.1) is 19.9 Å². The highest BCUT2D eigenvalue weighted by Crippen LogP contribution is 2.27. The Labute approximate surface area is 105 Å². The first-order valence-corrected chi connectivity index (χ1v) is 5.35. The van der Waals surface area contributed by atoms with E-state index in [0.29, 0.717) is 23.7 Å². The predicted octanol–water partition coefficient (Wildman–Crippen LogP) is 1.45. The molecule has 0 atom stereocenters. The van der Waals surface area contributed by atoms with Crippen molar-refractivity contribution < 1.29 is 24.2 Å². The van der Waals surface area contributed by atoms with Crippen LogP contribution in [0.1, 0.15) is 12.5 Å². The average Bonchev–Trinajstić information content (AvgIpc) is 2.37. The summed E-state index contributed by atoms with van der Waals surface area (Å²) in [5.41, 5.74) is 0.651. The molecule has 0 aliphatic heterocycles. The summed E-state index contributed by atoms with van der Waals surface area (Å²) < 4.78 is 15.1. The van der Waals surface area contributed by atoms with Crippen LogP contribution in [0.4, 0.5) is 0 Å². The van der Waals surface area contributed by atoms with Crippen LogP contribution in [0.3, 0.4) is 0 Å². The summed E-state index contributed by atoms with van der Waals surface area (Å²) in [6.07, 6.45) is 1.26. The lowest BCUT2D eigenvalue weighted by atomic mass is 10.2. The monoisotopic (exact) mass is 253 g/mol. The molecule has 1 aromatic rings. The summed E-state index contributed by atoms with van der Waals surface area (Å²) in [4.78, 5) is 11.1. The normalized spacial score (nSPS) is 10.3. The maximum absolute atomic E-state index is 11.1.